The number of H-pyrrole nitrogens is 1. The minimum Gasteiger partial charge on any atom is -0.508 e. The fourth-order valence-corrected chi connectivity index (χ4v) is 3.59. The highest BCUT2D eigenvalue weighted by atomic mass is 19.1. The predicted octanol–water partition coefficient (Wildman–Crippen LogP) is 4.67. The number of phenols is 1. The van der Waals surface area contributed by atoms with Gasteiger partial charge in [-0.15, -0.1) is 0 Å². The fourth-order valence-electron chi connectivity index (χ4n) is 3.59. The highest BCUT2D eigenvalue weighted by Crippen LogP contribution is 2.33. The number of aromatic amines is 1. The van der Waals surface area contributed by atoms with Crippen molar-refractivity contribution in [3.63, 3.8) is 0 Å². The largest absolute Gasteiger partial charge is 0.508 e. The first-order chi connectivity index (χ1) is 15.4. The van der Waals surface area contributed by atoms with E-state index < -0.39 is 17.4 Å². The van der Waals surface area contributed by atoms with Gasteiger partial charge in [0.25, 0.3) is 0 Å². The lowest BCUT2D eigenvalue weighted by Crippen LogP contribution is -2.36. The van der Waals surface area contributed by atoms with E-state index >= 15 is 0 Å². The molecule has 1 aliphatic rings. The second-order valence-corrected chi connectivity index (χ2v) is 7.18. The summed E-state index contributed by atoms with van der Waals surface area (Å²) < 4.78 is 47.4. The van der Waals surface area contributed by atoms with Gasteiger partial charge in [-0.25, -0.2) is 8.78 Å². The average Bonchev–Trinajstić information content (AvgIpc) is 3.18. The van der Waals surface area contributed by atoms with Crippen LogP contribution in [-0.2, 0) is 4.79 Å². The van der Waals surface area contributed by atoms with Crippen LogP contribution in [0, 0.1) is 17.6 Å². The number of alkyl halides is 2. The van der Waals surface area contributed by atoms with Crippen LogP contribution in [-0.4, -0.2) is 60.6 Å². The quantitative estimate of drug-likeness (QED) is 0.503. The Morgan fingerprint density at radius 2 is 1.69 bits per heavy atom. The normalized spacial score (nSPS) is 14.2. The number of rotatable bonds is 3. The van der Waals surface area contributed by atoms with Gasteiger partial charge in [0.1, 0.15) is 17.4 Å². The number of aromatic hydroxyl groups is 1. The molecule has 6 nitrogen and oxygen atoms in total. The van der Waals surface area contributed by atoms with Crippen LogP contribution in [0.25, 0.3) is 22.0 Å². The second-order valence-electron chi connectivity index (χ2n) is 7.18. The Morgan fingerprint density at radius 3 is 2.28 bits per heavy atom. The Hall–Kier alpha value is -3.14. The molecular weight excluding hydrogens is 428 g/mol. The lowest BCUT2D eigenvalue weighted by Gasteiger charge is -2.27. The summed E-state index contributed by atoms with van der Waals surface area (Å²) in [6.07, 6.45) is 1.56. The maximum Gasteiger partial charge on any atom is 0.228 e. The number of hydrogen-bond acceptors (Lipinski definition) is 4. The van der Waals surface area contributed by atoms with Crippen LogP contribution in [0.2, 0.25) is 0 Å². The topological polar surface area (TPSA) is 81.2 Å². The Bertz CT molecular complexity index is 1030. The average molecular weight is 454 g/mol. The molecule has 1 fully saturated rings. The molecule has 3 N–H and O–H groups in total. The van der Waals surface area contributed by atoms with Gasteiger partial charge in [0, 0.05) is 23.4 Å². The molecular formula is C22H26F4N4O2. The number of hydrogen-bond donors (Lipinski definition) is 3. The van der Waals surface area contributed by atoms with Gasteiger partial charge in [0.2, 0.25) is 5.91 Å². The number of fused-ring (bicyclic) bond motifs is 1. The van der Waals surface area contributed by atoms with Crippen molar-refractivity contribution in [3.8, 4) is 16.9 Å². The number of likely N-dealkylation sites (tertiary alicyclic amines) is 1. The Kier molecular flexibility index (Phi) is 9.01. The number of benzene rings is 2. The number of anilines is 1. The first-order valence-electron chi connectivity index (χ1n) is 9.84. The zero-order valence-corrected chi connectivity index (χ0v) is 18.1. The minimum absolute atomic E-state index is 0.0851. The molecule has 2 aromatic carbocycles. The summed E-state index contributed by atoms with van der Waals surface area (Å²) in [6.45, 7) is 1.73. The molecule has 10 heteroatoms. The van der Waals surface area contributed by atoms with Crippen LogP contribution in [0.15, 0.2) is 30.3 Å². The third kappa shape index (κ3) is 5.56. The van der Waals surface area contributed by atoms with Crippen LogP contribution in [0.5, 0.6) is 5.75 Å². The van der Waals surface area contributed by atoms with Crippen LogP contribution in [0.4, 0.5) is 23.4 Å². The zero-order valence-electron chi connectivity index (χ0n) is 18.1. The molecule has 0 aliphatic carbocycles. The monoisotopic (exact) mass is 454 g/mol. The molecule has 0 atom stereocenters. The van der Waals surface area contributed by atoms with E-state index in [0.29, 0.717) is 36.6 Å². The van der Waals surface area contributed by atoms with Crippen molar-refractivity contribution in [1.82, 2.24) is 15.1 Å². The number of nitrogens with one attached hydrogen (secondary N) is 2. The van der Waals surface area contributed by atoms with Gasteiger partial charge >= 0.3 is 0 Å². The summed E-state index contributed by atoms with van der Waals surface area (Å²) in [6, 6.07) is 6.50. The summed E-state index contributed by atoms with van der Waals surface area (Å²) in [5, 5.41) is 19.7. The van der Waals surface area contributed by atoms with E-state index in [9.17, 15) is 27.5 Å². The van der Waals surface area contributed by atoms with Crippen LogP contribution in [0.3, 0.4) is 0 Å². The van der Waals surface area contributed by atoms with Crippen molar-refractivity contribution in [2.45, 2.75) is 12.8 Å². The Balaban J connectivity index is 0.000000860. The molecule has 3 aromatic rings. The molecule has 0 radical (unpaired) electrons. The molecule has 0 spiro atoms. The SMILES string of the molecule is CF.CF.CN1CCC(C(=O)Nc2n[nH]c3ccc(-c4c(F)cc(O)cc4F)cc23)CC1. The number of carbonyl (C=O) groups excluding carboxylic acids is 1. The highest BCUT2D eigenvalue weighted by Gasteiger charge is 2.24. The maximum atomic E-state index is 14.2. The van der Waals surface area contributed by atoms with Gasteiger partial charge in [0.05, 0.1) is 25.4 Å². The smallest absolute Gasteiger partial charge is 0.228 e. The van der Waals surface area contributed by atoms with Crippen molar-refractivity contribution >= 4 is 22.6 Å². The van der Waals surface area contributed by atoms with Gasteiger partial charge in [-0.2, -0.15) is 5.10 Å². The number of aromatic nitrogens is 2. The predicted molar refractivity (Wildman–Crippen MR) is 116 cm³/mol. The number of nitrogens with zero attached hydrogens (tertiary/aromatic N) is 2. The van der Waals surface area contributed by atoms with Gasteiger partial charge in [-0.1, -0.05) is 6.07 Å². The van der Waals surface area contributed by atoms with Gasteiger partial charge in [0.15, 0.2) is 5.82 Å². The standard InChI is InChI=1S/C20H20F2N4O2.2CH3F/c1-26-6-4-11(5-7-26)20(28)23-19-14-8-12(2-3-17(14)24-25-19)18-15(21)9-13(27)10-16(18)22;2*1-2/h2-3,8-11,27H,4-7H2,1H3,(H2,23,24,25,28);2*1H3. The molecule has 1 aromatic heterocycles. The highest BCUT2D eigenvalue weighted by molar-refractivity contribution is 6.01. The fraction of sp³-hybridized carbons (Fsp3) is 0.364. The van der Waals surface area contributed by atoms with Crippen LogP contribution < -0.4 is 5.32 Å². The summed E-state index contributed by atoms with van der Waals surface area (Å²) in [7, 11) is 3.03. The molecule has 1 amide bonds. The Labute approximate surface area is 183 Å². The third-order valence-corrected chi connectivity index (χ3v) is 5.21. The summed E-state index contributed by atoms with van der Waals surface area (Å²) in [5.74, 6) is -2.06. The van der Waals surface area contributed by atoms with Crippen LogP contribution >= 0.6 is 0 Å². The van der Waals surface area contributed by atoms with E-state index in [1.165, 1.54) is 0 Å². The van der Waals surface area contributed by atoms with E-state index in [1.54, 1.807) is 18.2 Å². The number of carbonyl (C=O) groups is 1. The van der Waals surface area contributed by atoms with Crippen LogP contribution in [0.1, 0.15) is 12.8 Å². The van der Waals surface area contributed by atoms with Crippen molar-refractivity contribution in [2.75, 3.05) is 39.8 Å². The van der Waals surface area contributed by atoms with E-state index in [0.717, 1.165) is 38.1 Å². The third-order valence-electron chi connectivity index (χ3n) is 5.21. The van der Waals surface area contributed by atoms with E-state index in [4.69, 9.17) is 0 Å². The molecule has 0 bridgehead atoms. The van der Waals surface area contributed by atoms with Gasteiger partial charge in [-0.05, 0) is 50.7 Å². The lowest BCUT2D eigenvalue weighted by atomic mass is 9.96. The van der Waals surface area contributed by atoms with Gasteiger partial charge < -0.3 is 15.3 Å². The molecule has 2 heterocycles. The van der Waals surface area contributed by atoms with E-state index in [2.05, 4.69) is 20.4 Å². The molecule has 1 aliphatic heterocycles. The second kappa shape index (κ2) is 11.5. The maximum absolute atomic E-state index is 14.2. The van der Waals surface area contributed by atoms with Gasteiger partial charge in [-0.3, -0.25) is 18.7 Å². The van der Waals surface area contributed by atoms with Crippen molar-refractivity contribution in [3.05, 3.63) is 42.0 Å². The number of piperidine rings is 1. The summed E-state index contributed by atoms with van der Waals surface area (Å²) >= 11 is 0. The molecule has 32 heavy (non-hydrogen) atoms. The first kappa shape index (κ1) is 25.1. The van der Waals surface area contributed by atoms with Crippen molar-refractivity contribution in [2.24, 2.45) is 5.92 Å². The minimum atomic E-state index is -0.864. The Morgan fingerprint density at radius 1 is 1.09 bits per heavy atom. The first-order valence-corrected chi connectivity index (χ1v) is 9.84. The molecule has 4 rings (SSSR count). The van der Waals surface area contributed by atoms with Crippen molar-refractivity contribution in [1.29, 1.82) is 0 Å². The number of halogens is 4. The molecule has 0 unspecified atom stereocenters. The zero-order chi connectivity index (χ0) is 23.8. The number of amides is 1. The number of phenolic OH excluding ortho intramolecular Hbond substituents is 1. The molecule has 0 saturated carbocycles. The summed E-state index contributed by atoms with van der Waals surface area (Å²) in [5.41, 5.74) is 0.689. The van der Waals surface area contributed by atoms with E-state index in [1.807, 2.05) is 7.05 Å². The van der Waals surface area contributed by atoms with Crippen molar-refractivity contribution < 1.29 is 27.5 Å². The summed E-state index contributed by atoms with van der Waals surface area (Å²) in [4.78, 5) is 14.8. The molecule has 174 valence electrons. The lowest BCUT2D eigenvalue weighted by molar-refractivity contribution is -0.121. The van der Waals surface area contributed by atoms with E-state index in [-0.39, 0.29) is 17.4 Å². The molecule has 1 saturated heterocycles.